The van der Waals surface area contributed by atoms with Gasteiger partial charge in [0.1, 0.15) is 0 Å². The number of amidine groups is 1. The van der Waals surface area contributed by atoms with Crippen LogP contribution in [0.3, 0.4) is 0 Å². The molecule has 0 spiro atoms. The number of rotatable bonds is 4. The van der Waals surface area contributed by atoms with Crippen LogP contribution in [0.5, 0.6) is 0 Å². The molecule has 0 saturated heterocycles. The Morgan fingerprint density at radius 2 is 2.11 bits per heavy atom. The first kappa shape index (κ1) is 13.8. The van der Waals surface area contributed by atoms with Gasteiger partial charge in [-0.05, 0) is 42.5 Å². The quantitative estimate of drug-likeness (QED) is 0.365. The molecule has 0 radical (unpaired) electrons. The van der Waals surface area contributed by atoms with Gasteiger partial charge in [0, 0.05) is 7.05 Å². The van der Waals surface area contributed by atoms with Crippen molar-refractivity contribution in [3.63, 3.8) is 0 Å². The van der Waals surface area contributed by atoms with Crippen LogP contribution >= 0.6 is 0 Å². The maximum atomic E-state index is 12.3. The predicted molar refractivity (Wildman–Crippen MR) is 71.7 cm³/mol. The highest BCUT2D eigenvalue weighted by molar-refractivity contribution is 7.89. The van der Waals surface area contributed by atoms with Crippen LogP contribution in [0, 0.1) is 0 Å². The molecule has 0 fully saturated rings. The normalized spacial score (nSPS) is 15.8. The summed E-state index contributed by atoms with van der Waals surface area (Å²) in [5.74, 6) is -0.146. The van der Waals surface area contributed by atoms with Crippen LogP contribution in [0.4, 0.5) is 0 Å². The average molecular weight is 283 g/mol. The van der Waals surface area contributed by atoms with Crippen molar-refractivity contribution < 1.29 is 13.6 Å². The maximum Gasteiger partial charge on any atom is 0.243 e. The lowest BCUT2D eigenvalue weighted by Crippen LogP contribution is -2.35. The number of likely N-dealkylation sites (N-methyl/N-ethyl adjacent to an activating group) is 1. The van der Waals surface area contributed by atoms with Crippen molar-refractivity contribution in [2.45, 2.75) is 24.2 Å². The number of sulfonamides is 1. The molecular formula is C12H17N3O3S. The van der Waals surface area contributed by atoms with E-state index in [9.17, 15) is 8.42 Å². The van der Waals surface area contributed by atoms with Crippen molar-refractivity contribution in [3.05, 3.63) is 29.3 Å². The molecule has 3 N–H and O–H groups in total. The minimum atomic E-state index is -3.60. The van der Waals surface area contributed by atoms with Gasteiger partial charge in [0.25, 0.3) is 0 Å². The molecule has 6 nitrogen and oxygen atoms in total. The molecular weight excluding hydrogens is 266 g/mol. The highest BCUT2D eigenvalue weighted by Gasteiger charge is 2.23. The number of hydrogen-bond acceptors (Lipinski definition) is 4. The zero-order valence-corrected chi connectivity index (χ0v) is 11.5. The summed E-state index contributed by atoms with van der Waals surface area (Å²) in [6, 6.07) is 5.20. The molecule has 2 rings (SSSR count). The number of benzene rings is 1. The van der Waals surface area contributed by atoms with Crippen molar-refractivity contribution in [1.82, 2.24) is 4.31 Å². The first-order chi connectivity index (χ1) is 8.95. The van der Waals surface area contributed by atoms with Gasteiger partial charge in [-0.25, -0.2) is 8.42 Å². The van der Waals surface area contributed by atoms with E-state index in [-0.39, 0.29) is 17.3 Å². The summed E-state index contributed by atoms with van der Waals surface area (Å²) >= 11 is 0. The zero-order chi connectivity index (χ0) is 14.0. The summed E-state index contributed by atoms with van der Waals surface area (Å²) in [5.41, 5.74) is 7.65. The monoisotopic (exact) mass is 283 g/mol. The molecule has 0 amide bonds. The van der Waals surface area contributed by atoms with Crippen LogP contribution < -0.4 is 5.73 Å². The first-order valence-electron chi connectivity index (χ1n) is 5.99. The molecule has 0 unspecified atom stereocenters. The lowest BCUT2D eigenvalue weighted by Gasteiger charge is -2.16. The van der Waals surface area contributed by atoms with E-state index in [1.165, 1.54) is 12.6 Å². The van der Waals surface area contributed by atoms with E-state index in [0.29, 0.717) is 0 Å². The Morgan fingerprint density at radius 3 is 2.79 bits per heavy atom. The van der Waals surface area contributed by atoms with Crippen molar-refractivity contribution in [2.24, 2.45) is 10.9 Å². The lowest BCUT2D eigenvalue weighted by molar-refractivity contribution is 0.315. The van der Waals surface area contributed by atoms with Crippen LogP contribution in [0.15, 0.2) is 28.3 Å². The summed E-state index contributed by atoms with van der Waals surface area (Å²) in [7, 11) is -2.20. The van der Waals surface area contributed by atoms with E-state index >= 15 is 0 Å². The van der Waals surface area contributed by atoms with E-state index in [0.717, 1.165) is 29.1 Å². The highest BCUT2D eigenvalue weighted by atomic mass is 32.2. The Hall–Kier alpha value is -1.60. The standard InChI is InChI=1S/C12H17N3O3S/c1-15(8-12(13)14-16)19(17,18)11-6-5-9-3-2-4-10(9)7-11/h5-7,16H,2-4,8H2,1H3,(H2,13,14). The topological polar surface area (TPSA) is 96.0 Å². The molecule has 1 aliphatic rings. The number of aryl methyl sites for hydroxylation is 2. The Balaban J connectivity index is 2.29. The van der Waals surface area contributed by atoms with Gasteiger partial charge in [-0.3, -0.25) is 0 Å². The fourth-order valence-electron chi connectivity index (χ4n) is 2.23. The Bertz CT molecular complexity index is 611. The molecule has 1 aromatic rings. The fourth-order valence-corrected chi connectivity index (χ4v) is 3.43. The van der Waals surface area contributed by atoms with Crippen LogP contribution in [0.25, 0.3) is 0 Å². The molecule has 1 aliphatic carbocycles. The van der Waals surface area contributed by atoms with Gasteiger partial charge in [0.15, 0.2) is 5.84 Å². The minimum Gasteiger partial charge on any atom is -0.409 e. The SMILES string of the molecule is CN(CC(N)=NO)S(=O)(=O)c1ccc2c(c1)CCC2. The number of oxime groups is 1. The second-order valence-electron chi connectivity index (χ2n) is 4.64. The molecule has 19 heavy (non-hydrogen) atoms. The second-order valence-corrected chi connectivity index (χ2v) is 6.68. The first-order valence-corrected chi connectivity index (χ1v) is 7.43. The Kier molecular flexibility index (Phi) is 3.77. The van der Waals surface area contributed by atoms with E-state index in [1.54, 1.807) is 12.1 Å². The largest absolute Gasteiger partial charge is 0.409 e. The van der Waals surface area contributed by atoms with Gasteiger partial charge >= 0.3 is 0 Å². The molecule has 1 aromatic carbocycles. The Morgan fingerprint density at radius 1 is 1.42 bits per heavy atom. The maximum absolute atomic E-state index is 12.3. The summed E-state index contributed by atoms with van der Waals surface area (Å²) in [6.07, 6.45) is 3.00. The number of nitrogens with two attached hydrogens (primary N) is 1. The van der Waals surface area contributed by atoms with Crippen molar-refractivity contribution in [1.29, 1.82) is 0 Å². The van der Waals surface area contributed by atoms with Crippen molar-refractivity contribution in [3.8, 4) is 0 Å². The van der Waals surface area contributed by atoms with E-state index in [4.69, 9.17) is 10.9 Å². The van der Waals surface area contributed by atoms with Crippen molar-refractivity contribution in [2.75, 3.05) is 13.6 Å². The molecule has 104 valence electrons. The van der Waals surface area contributed by atoms with E-state index in [1.807, 2.05) is 6.07 Å². The van der Waals surface area contributed by atoms with E-state index in [2.05, 4.69) is 5.16 Å². The minimum absolute atomic E-state index is 0.143. The van der Waals surface area contributed by atoms with Crippen LogP contribution in [0.1, 0.15) is 17.5 Å². The lowest BCUT2D eigenvalue weighted by atomic mass is 10.1. The fraction of sp³-hybridized carbons (Fsp3) is 0.417. The van der Waals surface area contributed by atoms with Crippen LogP contribution in [-0.4, -0.2) is 37.4 Å². The van der Waals surface area contributed by atoms with Crippen LogP contribution in [-0.2, 0) is 22.9 Å². The average Bonchev–Trinajstić information content (AvgIpc) is 2.85. The van der Waals surface area contributed by atoms with Crippen molar-refractivity contribution >= 4 is 15.9 Å². The van der Waals surface area contributed by atoms with E-state index < -0.39 is 10.0 Å². The third-order valence-electron chi connectivity index (χ3n) is 3.29. The molecule has 0 bridgehead atoms. The molecule has 0 aromatic heterocycles. The summed E-state index contributed by atoms with van der Waals surface area (Å²) in [5, 5.41) is 11.3. The number of nitrogens with zero attached hydrogens (tertiary/aromatic N) is 2. The van der Waals surface area contributed by atoms with Gasteiger partial charge in [-0.15, -0.1) is 0 Å². The second kappa shape index (κ2) is 5.18. The summed E-state index contributed by atoms with van der Waals surface area (Å²) < 4.78 is 25.7. The number of hydrogen-bond donors (Lipinski definition) is 2. The van der Waals surface area contributed by atoms with Gasteiger partial charge in [-0.1, -0.05) is 11.2 Å². The van der Waals surface area contributed by atoms with Gasteiger partial charge in [-0.2, -0.15) is 4.31 Å². The molecule has 0 atom stereocenters. The molecule has 0 saturated carbocycles. The third kappa shape index (κ3) is 2.71. The summed E-state index contributed by atoms with van der Waals surface area (Å²) in [6.45, 7) is -0.143. The Labute approximate surface area is 112 Å². The third-order valence-corrected chi connectivity index (χ3v) is 5.09. The molecule has 7 heteroatoms. The predicted octanol–water partition coefficient (Wildman–Crippen LogP) is 0.542. The molecule has 0 heterocycles. The van der Waals surface area contributed by atoms with Gasteiger partial charge in [0.2, 0.25) is 10.0 Å². The van der Waals surface area contributed by atoms with Gasteiger partial charge < -0.3 is 10.9 Å². The van der Waals surface area contributed by atoms with Gasteiger partial charge in [0.05, 0.1) is 11.4 Å². The zero-order valence-electron chi connectivity index (χ0n) is 10.7. The number of fused-ring (bicyclic) bond motifs is 1. The smallest absolute Gasteiger partial charge is 0.243 e. The summed E-state index contributed by atoms with van der Waals surface area (Å²) in [4.78, 5) is 0.251. The van der Waals surface area contributed by atoms with Crippen LogP contribution in [0.2, 0.25) is 0 Å². The molecule has 0 aliphatic heterocycles. The highest BCUT2D eigenvalue weighted by Crippen LogP contribution is 2.25.